The zero-order valence-corrected chi connectivity index (χ0v) is 10.9. The molecule has 0 bridgehead atoms. The van der Waals surface area contributed by atoms with Crippen molar-refractivity contribution in [3.63, 3.8) is 0 Å². The monoisotopic (exact) mass is 255 g/mol. The molecule has 0 saturated heterocycles. The van der Waals surface area contributed by atoms with Crippen molar-refractivity contribution in [1.82, 2.24) is 15.0 Å². The molecule has 2 aromatic rings. The van der Waals surface area contributed by atoms with Gasteiger partial charge in [-0.15, -0.1) is 0 Å². The van der Waals surface area contributed by atoms with Gasteiger partial charge in [-0.05, 0) is 29.9 Å². The van der Waals surface area contributed by atoms with Gasteiger partial charge in [0.05, 0.1) is 6.04 Å². The first kappa shape index (κ1) is 11.9. The van der Waals surface area contributed by atoms with Gasteiger partial charge in [-0.1, -0.05) is 31.2 Å². The Bertz CT molecular complexity index is 584. The molecule has 19 heavy (non-hydrogen) atoms. The molecule has 0 amide bonds. The summed E-state index contributed by atoms with van der Waals surface area (Å²) in [5.74, 6) is 1.32. The van der Waals surface area contributed by atoms with Crippen molar-refractivity contribution in [2.24, 2.45) is 5.92 Å². The molecule has 1 aliphatic carbocycles. The second kappa shape index (κ2) is 4.84. The Kier molecular flexibility index (Phi) is 3.03. The van der Waals surface area contributed by atoms with E-state index in [4.69, 9.17) is 5.73 Å². The zero-order chi connectivity index (χ0) is 13.2. The number of benzene rings is 1. The van der Waals surface area contributed by atoms with Gasteiger partial charge in [-0.25, -0.2) is 9.97 Å². The van der Waals surface area contributed by atoms with E-state index in [0.717, 1.165) is 12.8 Å². The maximum absolute atomic E-state index is 5.59. The highest BCUT2D eigenvalue weighted by molar-refractivity contribution is 5.40. The van der Waals surface area contributed by atoms with Gasteiger partial charge in [0.25, 0.3) is 0 Å². The maximum atomic E-state index is 5.59. The number of nitrogens with one attached hydrogen (secondary N) is 1. The summed E-state index contributed by atoms with van der Waals surface area (Å²) in [6, 6.07) is 8.76. The van der Waals surface area contributed by atoms with Crippen LogP contribution in [0.5, 0.6) is 0 Å². The Balaban J connectivity index is 1.91. The van der Waals surface area contributed by atoms with E-state index >= 15 is 0 Å². The number of hydrogen-bond donors (Lipinski definition) is 2. The van der Waals surface area contributed by atoms with Gasteiger partial charge in [0.15, 0.2) is 0 Å². The lowest BCUT2D eigenvalue weighted by Crippen LogP contribution is -2.25. The van der Waals surface area contributed by atoms with Crippen LogP contribution in [0.25, 0.3) is 0 Å². The molecule has 0 aliphatic heterocycles. The van der Waals surface area contributed by atoms with Gasteiger partial charge < -0.3 is 11.1 Å². The number of aromatic nitrogens is 3. The van der Waals surface area contributed by atoms with Crippen LogP contribution in [-0.2, 0) is 6.42 Å². The lowest BCUT2D eigenvalue weighted by Gasteiger charge is -2.32. The number of nitrogen functional groups attached to an aromatic ring is 1. The summed E-state index contributed by atoms with van der Waals surface area (Å²) >= 11 is 0. The van der Waals surface area contributed by atoms with E-state index in [-0.39, 0.29) is 12.0 Å². The standard InChI is InChI=1S/C14H17N5/c1-9-6-7-10-4-2-3-5-11(10)12(9)18-14-17-8-16-13(15)19-14/h2-5,8-9,12H,6-7H2,1H3,(H3,15,16,17,18,19). The van der Waals surface area contributed by atoms with Crippen molar-refractivity contribution in [2.75, 3.05) is 11.1 Å². The molecule has 3 N–H and O–H groups in total. The minimum Gasteiger partial charge on any atom is -0.368 e. The number of aryl methyl sites for hydroxylation is 1. The van der Waals surface area contributed by atoms with Crippen LogP contribution in [0.1, 0.15) is 30.5 Å². The quantitative estimate of drug-likeness (QED) is 0.860. The highest BCUT2D eigenvalue weighted by atomic mass is 15.2. The lowest BCUT2D eigenvalue weighted by molar-refractivity contribution is 0.432. The molecule has 1 heterocycles. The highest BCUT2D eigenvalue weighted by Gasteiger charge is 2.26. The van der Waals surface area contributed by atoms with Crippen LogP contribution in [0.2, 0.25) is 0 Å². The zero-order valence-electron chi connectivity index (χ0n) is 10.9. The second-order valence-corrected chi connectivity index (χ2v) is 5.00. The Hall–Kier alpha value is -2.17. The van der Waals surface area contributed by atoms with Gasteiger partial charge in [0, 0.05) is 0 Å². The molecule has 2 unspecified atom stereocenters. The van der Waals surface area contributed by atoms with Crippen molar-refractivity contribution in [3.8, 4) is 0 Å². The average molecular weight is 255 g/mol. The molecule has 3 rings (SSSR count). The Morgan fingerprint density at radius 3 is 2.95 bits per heavy atom. The summed E-state index contributed by atoms with van der Waals surface area (Å²) in [6.07, 6.45) is 3.73. The van der Waals surface area contributed by atoms with Gasteiger partial charge in [0.1, 0.15) is 6.33 Å². The van der Waals surface area contributed by atoms with Crippen LogP contribution in [0.15, 0.2) is 30.6 Å². The lowest BCUT2D eigenvalue weighted by atomic mass is 9.81. The molecule has 0 spiro atoms. The van der Waals surface area contributed by atoms with E-state index in [2.05, 4.69) is 51.5 Å². The fourth-order valence-corrected chi connectivity index (χ4v) is 2.66. The molecule has 0 radical (unpaired) electrons. The normalized spacial score (nSPS) is 21.7. The topological polar surface area (TPSA) is 76.7 Å². The molecule has 0 saturated carbocycles. The fraction of sp³-hybridized carbons (Fsp3) is 0.357. The van der Waals surface area contributed by atoms with Crippen LogP contribution in [0.4, 0.5) is 11.9 Å². The summed E-state index contributed by atoms with van der Waals surface area (Å²) in [7, 11) is 0. The molecule has 1 aliphatic rings. The van der Waals surface area contributed by atoms with Crippen molar-refractivity contribution in [2.45, 2.75) is 25.8 Å². The van der Waals surface area contributed by atoms with Crippen LogP contribution < -0.4 is 11.1 Å². The number of nitrogens with zero attached hydrogens (tertiary/aromatic N) is 3. The SMILES string of the molecule is CC1CCc2ccccc2C1Nc1ncnc(N)n1. The molecule has 1 aromatic carbocycles. The van der Waals surface area contributed by atoms with E-state index in [0.29, 0.717) is 11.9 Å². The summed E-state index contributed by atoms with van der Waals surface area (Å²) in [5, 5.41) is 3.39. The number of hydrogen-bond acceptors (Lipinski definition) is 5. The van der Waals surface area contributed by atoms with Crippen molar-refractivity contribution < 1.29 is 0 Å². The van der Waals surface area contributed by atoms with E-state index < -0.39 is 0 Å². The Morgan fingerprint density at radius 2 is 2.11 bits per heavy atom. The third-order valence-corrected chi connectivity index (χ3v) is 3.70. The molecule has 5 nitrogen and oxygen atoms in total. The molecule has 1 aromatic heterocycles. The van der Waals surface area contributed by atoms with Crippen molar-refractivity contribution in [3.05, 3.63) is 41.7 Å². The summed E-state index contributed by atoms with van der Waals surface area (Å²) in [6.45, 7) is 2.25. The Labute approximate surface area is 112 Å². The smallest absolute Gasteiger partial charge is 0.227 e. The van der Waals surface area contributed by atoms with E-state index in [9.17, 15) is 0 Å². The van der Waals surface area contributed by atoms with Gasteiger partial charge in [0.2, 0.25) is 11.9 Å². The molecular formula is C14H17N5. The van der Waals surface area contributed by atoms with Crippen LogP contribution in [0, 0.1) is 5.92 Å². The second-order valence-electron chi connectivity index (χ2n) is 5.00. The molecule has 98 valence electrons. The summed E-state index contributed by atoms with van der Waals surface area (Å²) in [5.41, 5.74) is 8.33. The predicted molar refractivity (Wildman–Crippen MR) is 74.5 cm³/mol. The van der Waals surface area contributed by atoms with Gasteiger partial charge in [-0.3, -0.25) is 0 Å². The first-order chi connectivity index (χ1) is 9.24. The van der Waals surface area contributed by atoms with Gasteiger partial charge >= 0.3 is 0 Å². The van der Waals surface area contributed by atoms with Crippen molar-refractivity contribution >= 4 is 11.9 Å². The fourth-order valence-electron chi connectivity index (χ4n) is 2.66. The first-order valence-corrected chi connectivity index (χ1v) is 6.53. The van der Waals surface area contributed by atoms with Crippen LogP contribution in [-0.4, -0.2) is 15.0 Å². The summed E-state index contributed by atoms with van der Waals surface area (Å²) in [4.78, 5) is 12.1. The molecular weight excluding hydrogens is 238 g/mol. The highest BCUT2D eigenvalue weighted by Crippen LogP contribution is 2.35. The first-order valence-electron chi connectivity index (χ1n) is 6.53. The van der Waals surface area contributed by atoms with Gasteiger partial charge in [-0.2, -0.15) is 4.98 Å². The van der Waals surface area contributed by atoms with Crippen LogP contribution in [0.3, 0.4) is 0 Å². The minimum atomic E-state index is 0.228. The predicted octanol–water partition coefficient (Wildman–Crippen LogP) is 2.19. The largest absolute Gasteiger partial charge is 0.368 e. The molecule has 0 fully saturated rings. The molecule has 5 heteroatoms. The maximum Gasteiger partial charge on any atom is 0.227 e. The van der Waals surface area contributed by atoms with Crippen LogP contribution >= 0.6 is 0 Å². The average Bonchev–Trinajstić information content (AvgIpc) is 2.42. The Morgan fingerprint density at radius 1 is 1.26 bits per heavy atom. The third-order valence-electron chi connectivity index (χ3n) is 3.70. The van der Waals surface area contributed by atoms with E-state index in [1.807, 2.05) is 0 Å². The minimum absolute atomic E-state index is 0.228. The number of nitrogens with two attached hydrogens (primary N) is 1. The number of rotatable bonds is 2. The summed E-state index contributed by atoms with van der Waals surface area (Å²) < 4.78 is 0. The van der Waals surface area contributed by atoms with E-state index in [1.165, 1.54) is 17.5 Å². The third kappa shape index (κ3) is 2.36. The van der Waals surface area contributed by atoms with Crippen molar-refractivity contribution in [1.29, 1.82) is 0 Å². The number of anilines is 2. The molecule has 2 atom stereocenters. The number of fused-ring (bicyclic) bond motifs is 1. The van der Waals surface area contributed by atoms with E-state index in [1.54, 1.807) is 0 Å².